The van der Waals surface area contributed by atoms with E-state index in [4.69, 9.17) is 19.2 Å². The number of hydroxylamine groups is 1. The zero-order valence-electron chi connectivity index (χ0n) is 20.4. The summed E-state index contributed by atoms with van der Waals surface area (Å²) in [5.74, 6) is 0. The highest BCUT2D eigenvalue weighted by atomic mass is 16.5. The van der Waals surface area contributed by atoms with Gasteiger partial charge in [0.15, 0.2) is 11.8 Å². The van der Waals surface area contributed by atoms with Crippen molar-refractivity contribution in [1.82, 2.24) is 0 Å². The lowest BCUT2D eigenvalue weighted by Gasteiger charge is -2.18. The highest BCUT2D eigenvalue weighted by Crippen LogP contribution is 2.05. The van der Waals surface area contributed by atoms with Gasteiger partial charge in [0.25, 0.3) is 0 Å². The van der Waals surface area contributed by atoms with Crippen molar-refractivity contribution < 1.29 is 23.9 Å². The minimum Gasteiger partial charge on any atom is -0.623 e. The normalized spacial score (nSPS) is 31.5. The molecule has 1 aromatic rings. The topological polar surface area (TPSA) is 26.1 Å². The second-order valence-corrected chi connectivity index (χ2v) is 2.20. The summed E-state index contributed by atoms with van der Waals surface area (Å²) in [6.07, 6.45) is 0.102. The van der Waals surface area contributed by atoms with Gasteiger partial charge in [0.05, 0.1) is 6.85 Å². The zero-order chi connectivity index (χ0) is 21.7. The van der Waals surface area contributed by atoms with Crippen LogP contribution in [0.15, 0.2) is 30.2 Å². The molecule has 2 nitrogen and oxygen atoms in total. The van der Waals surface area contributed by atoms with Gasteiger partial charge in [0.2, 0.25) is 0 Å². The minimum absolute atomic E-state index is 0.102. The summed E-state index contributed by atoms with van der Waals surface area (Å²) in [5.41, 5.74) is -4.76. The number of hydrogen-bond donors (Lipinski definition) is 0. The van der Waals surface area contributed by atoms with Gasteiger partial charge in [-0.25, -0.2) is 4.74 Å². The Morgan fingerprint density at radius 2 is 2.00 bits per heavy atom. The Labute approximate surface area is 98.8 Å². The highest BCUT2D eigenvalue weighted by molar-refractivity contribution is 5.75. The molecule has 0 aromatic heterocycles. The fourth-order valence-corrected chi connectivity index (χ4v) is 0.538. The van der Waals surface area contributed by atoms with Gasteiger partial charge in [-0.05, 0) is 12.1 Å². The molecule has 0 aliphatic rings. The average Bonchev–Trinajstić information content (AvgIpc) is 2.43. The molecular formula is C11H15NO. The first-order valence-electron chi connectivity index (χ1n) is 10.2. The van der Waals surface area contributed by atoms with Gasteiger partial charge in [0.1, 0.15) is 0 Å². The standard InChI is InChI=1S/C11H15NO/c1-11(2,3)12(13)9-10-7-5-4-6-8-10/h4-9H,1-3H3/i1D3,2D3,3D3,4D,5D,6D,7D,8D. The average molecular weight is 191 g/mol. The van der Waals surface area contributed by atoms with Crippen molar-refractivity contribution in [3.8, 4) is 0 Å². The predicted octanol–water partition coefficient (Wildman–Crippen LogP) is 2.41. The van der Waals surface area contributed by atoms with Crippen LogP contribution in [0.3, 0.4) is 0 Å². The van der Waals surface area contributed by atoms with Crippen LogP contribution in [0.5, 0.6) is 0 Å². The summed E-state index contributed by atoms with van der Waals surface area (Å²) < 4.78 is 104. The molecule has 2 heteroatoms. The van der Waals surface area contributed by atoms with Crippen molar-refractivity contribution >= 4 is 6.21 Å². The van der Waals surface area contributed by atoms with Crippen molar-refractivity contribution in [3.05, 3.63) is 41.0 Å². The van der Waals surface area contributed by atoms with Gasteiger partial charge < -0.3 is 5.21 Å². The van der Waals surface area contributed by atoms with Gasteiger partial charge in [0, 0.05) is 38.5 Å². The Balaban J connectivity index is 4.01. The molecule has 0 atom stereocenters. The Morgan fingerprint density at radius 3 is 2.54 bits per heavy atom. The largest absolute Gasteiger partial charge is 0.623 e. The lowest BCUT2D eigenvalue weighted by Crippen LogP contribution is -2.29. The summed E-state index contributed by atoms with van der Waals surface area (Å²) in [6, 6.07) is -4.36. The van der Waals surface area contributed by atoms with Crippen LogP contribution in [0, 0.1) is 5.21 Å². The third-order valence-electron chi connectivity index (χ3n) is 1.10. The molecule has 0 amide bonds. The van der Waals surface area contributed by atoms with Crippen molar-refractivity contribution in [2.45, 2.75) is 26.1 Å². The summed E-state index contributed by atoms with van der Waals surface area (Å²) in [6.45, 7) is -11.5. The molecule has 1 rings (SSSR count). The van der Waals surface area contributed by atoms with Gasteiger partial charge in [-0.1, -0.05) is 18.1 Å². The predicted molar refractivity (Wildman–Crippen MR) is 55.0 cm³/mol. The third kappa shape index (κ3) is 2.90. The molecule has 0 unspecified atom stereocenters. The molecule has 0 aliphatic heterocycles. The second-order valence-electron chi connectivity index (χ2n) is 2.20. The van der Waals surface area contributed by atoms with E-state index >= 15 is 0 Å². The number of rotatable bonds is 1. The molecule has 13 heavy (non-hydrogen) atoms. The van der Waals surface area contributed by atoms with Gasteiger partial charge in [-0.3, -0.25) is 0 Å². The quantitative estimate of drug-likeness (QED) is 0.290. The fourth-order valence-electron chi connectivity index (χ4n) is 0.538. The van der Waals surface area contributed by atoms with Crippen LogP contribution in [0.4, 0.5) is 0 Å². The smallest absolute Gasteiger partial charge is 0.182 e. The molecule has 1 aromatic carbocycles. The fraction of sp³-hybridized carbons (Fsp3) is 0.364. The van der Waals surface area contributed by atoms with E-state index in [1.807, 2.05) is 0 Å². The molecule has 0 N–H and O–H groups in total. The van der Waals surface area contributed by atoms with Crippen molar-refractivity contribution in [2.75, 3.05) is 0 Å². The molecule has 0 saturated carbocycles. The molecule has 70 valence electrons. The van der Waals surface area contributed by atoms with E-state index in [1.165, 1.54) is 0 Å². The first-order chi connectivity index (χ1) is 11.8. The highest BCUT2D eigenvalue weighted by Gasteiger charge is 2.17. The molecule has 0 bridgehead atoms. The van der Waals surface area contributed by atoms with Crippen molar-refractivity contribution in [2.24, 2.45) is 0 Å². The van der Waals surface area contributed by atoms with E-state index in [0.29, 0.717) is 0 Å². The van der Waals surface area contributed by atoms with Crippen LogP contribution in [0.1, 0.15) is 45.3 Å². The molecule has 0 heterocycles. The maximum Gasteiger partial charge on any atom is 0.182 e. The second kappa shape index (κ2) is 3.60. The summed E-state index contributed by atoms with van der Waals surface area (Å²) in [5, 5.41) is 12.6. The van der Waals surface area contributed by atoms with Crippen LogP contribution in [0.25, 0.3) is 0 Å². The van der Waals surface area contributed by atoms with E-state index < -0.39 is 66.6 Å². The number of hydrogen-bond acceptors (Lipinski definition) is 1. The maximum absolute atomic E-state index is 12.6. The van der Waals surface area contributed by atoms with Crippen LogP contribution in [-0.2, 0) is 0 Å². The first kappa shape index (κ1) is 2.02. The summed E-state index contributed by atoms with van der Waals surface area (Å²) in [4.78, 5) is 0. The Bertz CT molecular complexity index is 706. The monoisotopic (exact) mass is 191 g/mol. The Morgan fingerprint density at radius 1 is 1.38 bits per heavy atom. The summed E-state index contributed by atoms with van der Waals surface area (Å²) in [7, 11) is 0. The van der Waals surface area contributed by atoms with Crippen LogP contribution in [-0.4, -0.2) is 16.5 Å². The summed E-state index contributed by atoms with van der Waals surface area (Å²) >= 11 is 0. The number of nitrogens with zero attached hydrogens (tertiary/aromatic N) is 1. The SMILES string of the molecule is [2H]c1c([2H])c([2H])c(C=[N+]([O-])C(C([2H])([2H])[2H])(C([2H])([2H])[2H])C([2H])([2H])[2H])c([2H])c1[2H]. The molecule has 0 saturated heterocycles. The molecular weight excluding hydrogens is 162 g/mol. The molecule has 0 spiro atoms. The van der Waals surface area contributed by atoms with Crippen LogP contribution >= 0.6 is 0 Å². The van der Waals surface area contributed by atoms with E-state index in [9.17, 15) is 5.21 Å². The minimum atomic E-state index is -3.92. The molecule has 0 radical (unpaired) electrons. The van der Waals surface area contributed by atoms with E-state index in [1.54, 1.807) is 0 Å². The third-order valence-corrected chi connectivity index (χ3v) is 1.10. The Kier molecular flexibility index (Phi) is 0.561. The van der Waals surface area contributed by atoms with E-state index in [-0.39, 0.29) is 6.21 Å². The van der Waals surface area contributed by atoms with Gasteiger partial charge in [-0.2, -0.15) is 0 Å². The van der Waals surface area contributed by atoms with Crippen LogP contribution in [0.2, 0.25) is 0 Å². The Hall–Kier alpha value is -1.31. The number of benzene rings is 1. The van der Waals surface area contributed by atoms with E-state index in [0.717, 1.165) is 0 Å². The van der Waals surface area contributed by atoms with Gasteiger partial charge >= 0.3 is 0 Å². The van der Waals surface area contributed by atoms with Crippen molar-refractivity contribution in [3.63, 3.8) is 0 Å². The lowest BCUT2D eigenvalue weighted by molar-refractivity contribution is -0.530. The van der Waals surface area contributed by atoms with Crippen LogP contribution < -0.4 is 0 Å². The molecule has 0 aliphatic carbocycles. The van der Waals surface area contributed by atoms with Crippen molar-refractivity contribution in [1.29, 1.82) is 0 Å². The maximum atomic E-state index is 12.6. The molecule has 0 fully saturated rings. The van der Waals surface area contributed by atoms with Gasteiger partial charge in [-0.15, -0.1) is 0 Å². The lowest BCUT2D eigenvalue weighted by atomic mass is 10.1. The van der Waals surface area contributed by atoms with E-state index in [2.05, 4.69) is 0 Å². The first-order valence-corrected chi connectivity index (χ1v) is 3.20. The zero-order valence-corrected chi connectivity index (χ0v) is 6.43.